The third kappa shape index (κ3) is 5.91. The fraction of sp³-hybridized carbons (Fsp3) is 0.462. The molecule has 3 N–H and O–H groups in total. The molecule has 1 aromatic carbocycles. The highest BCUT2D eigenvalue weighted by molar-refractivity contribution is 5.91. The van der Waals surface area contributed by atoms with E-state index in [-0.39, 0.29) is 48.7 Å². The molecule has 10 nitrogen and oxygen atoms in total. The zero-order chi connectivity index (χ0) is 28.4. The molecule has 208 valence electrons. The van der Waals surface area contributed by atoms with Crippen molar-refractivity contribution >= 4 is 28.4 Å². The minimum absolute atomic E-state index is 0.0200. The largest absolute Gasteiger partial charge is 0.463 e. The summed E-state index contributed by atoms with van der Waals surface area (Å²) >= 11 is 0. The summed E-state index contributed by atoms with van der Waals surface area (Å²) in [6.45, 7) is 4.07. The molecule has 1 fully saturated rings. The van der Waals surface area contributed by atoms with Crippen molar-refractivity contribution in [1.29, 1.82) is 5.26 Å². The summed E-state index contributed by atoms with van der Waals surface area (Å²) < 4.78 is 51.2. The number of carbonyl (C=O) groups excluding carboxylic acids is 1. The number of anilines is 2. The Morgan fingerprint density at radius 3 is 2.67 bits per heavy atom. The van der Waals surface area contributed by atoms with Crippen LogP contribution in [0.15, 0.2) is 41.3 Å². The summed E-state index contributed by atoms with van der Waals surface area (Å²) in [7, 11) is 0. The van der Waals surface area contributed by atoms with Crippen LogP contribution in [0, 0.1) is 17.2 Å². The van der Waals surface area contributed by atoms with Gasteiger partial charge < -0.3 is 24.9 Å². The number of aromatic nitrogens is 3. The number of rotatable bonds is 8. The van der Waals surface area contributed by atoms with Crippen LogP contribution < -0.4 is 10.9 Å². The first-order valence-electron chi connectivity index (χ1n) is 12.3. The summed E-state index contributed by atoms with van der Waals surface area (Å²) in [4.78, 5) is 27.8. The Morgan fingerprint density at radius 2 is 2.08 bits per heavy atom. The number of pyridine rings is 1. The number of hydrogen-bond donors (Lipinski definition) is 3. The number of ether oxygens (including phenoxy) is 2. The topological polar surface area (TPSA) is 142 Å². The van der Waals surface area contributed by atoms with Crippen molar-refractivity contribution in [2.24, 2.45) is 5.92 Å². The van der Waals surface area contributed by atoms with E-state index < -0.39 is 35.5 Å². The van der Waals surface area contributed by atoms with Crippen LogP contribution in [0.1, 0.15) is 44.8 Å². The SMILES string of the molecule is CC(C)COC(=O)C1CCC(CC#N)(n2nc(Nc3ccc(C(O)C(F)(F)F)cc3)c3c(=O)[nH]ccc32)CO1. The monoisotopic (exact) mass is 547 g/mol. The summed E-state index contributed by atoms with van der Waals surface area (Å²) in [5.41, 5.74) is -1.06. The van der Waals surface area contributed by atoms with Crippen molar-refractivity contribution in [3.05, 3.63) is 52.4 Å². The fourth-order valence-corrected chi connectivity index (χ4v) is 4.47. The lowest BCUT2D eigenvalue weighted by atomic mass is 9.87. The van der Waals surface area contributed by atoms with Gasteiger partial charge in [0.05, 0.1) is 36.8 Å². The number of aliphatic hydroxyl groups is 1. The molecule has 0 amide bonds. The van der Waals surface area contributed by atoms with Crippen LogP contribution >= 0.6 is 0 Å². The first-order valence-corrected chi connectivity index (χ1v) is 12.3. The number of nitrogens with zero attached hydrogens (tertiary/aromatic N) is 3. The van der Waals surface area contributed by atoms with Crippen LogP contribution in [0.25, 0.3) is 10.9 Å². The van der Waals surface area contributed by atoms with Gasteiger partial charge in [-0.05, 0) is 42.5 Å². The molecule has 0 aliphatic carbocycles. The zero-order valence-corrected chi connectivity index (χ0v) is 21.3. The predicted octanol–water partition coefficient (Wildman–Crippen LogP) is 4.05. The molecule has 0 bridgehead atoms. The molecule has 3 atom stereocenters. The van der Waals surface area contributed by atoms with Gasteiger partial charge in [0.15, 0.2) is 18.0 Å². The molecule has 3 aromatic rings. The molecule has 1 aliphatic rings. The number of benzene rings is 1. The summed E-state index contributed by atoms with van der Waals surface area (Å²) in [5.74, 6) is -0.190. The van der Waals surface area contributed by atoms with Crippen LogP contribution in [-0.2, 0) is 19.8 Å². The van der Waals surface area contributed by atoms with Crippen molar-refractivity contribution in [3.8, 4) is 6.07 Å². The summed E-state index contributed by atoms with van der Waals surface area (Å²) in [5, 5.41) is 26.8. The number of hydrogen-bond acceptors (Lipinski definition) is 8. The van der Waals surface area contributed by atoms with Gasteiger partial charge in [-0.15, -0.1) is 0 Å². The van der Waals surface area contributed by atoms with E-state index in [0.29, 0.717) is 17.6 Å². The van der Waals surface area contributed by atoms with E-state index >= 15 is 0 Å². The quantitative estimate of drug-likeness (QED) is 0.359. The second kappa shape index (κ2) is 11.1. The average molecular weight is 548 g/mol. The van der Waals surface area contributed by atoms with Crippen molar-refractivity contribution in [1.82, 2.24) is 14.8 Å². The summed E-state index contributed by atoms with van der Waals surface area (Å²) in [6.07, 6.45) is -6.19. The number of fused-ring (bicyclic) bond motifs is 1. The Balaban J connectivity index is 1.64. The van der Waals surface area contributed by atoms with Crippen molar-refractivity contribution in [2.45, 2.75) is 57.0 Å². The molecule has 4 rings (SSSR count). The smallest absolute Gasteiger partial charge is 0.418 e. The molecule has 0 radical (unpaired) electrons. The van der Waals surface area contributed by atoms with Gasteiger partial charge in [-0.2, -0.15) is 23.5 Å². The van der Waals surface area contributed by atoms with Gasteiger partial charge in [-0.3, -0.25) is 9.48 Å². The van der Waals surface area contributed by atoms with Gasteiger partial charge in [0.25, 0.3) is 5.56 Å². The van der Waals surface area contributed by atoms with Crippen molar-refractivity contribution in [2.75, 3.05) is 18.5 Å². The Labute approximate surface area is 221 Å². The van der Waals surface area contributed by atoms with Crippen molar-refractivity contribution in [3.63, 3.8) is 0 Å². The zero-order valence-electron chi connectivity index (χ0n) is 21.3. The van der Waals surface area contributed by atoms with Crippen LogP contribution in [0.4, 0.5) is 24.7 Å². The maximum absolute atomic E-state index is 12.8. The Morgan fingerprint density at radius 1 is 1.36 bits per heavy atom. The molecule has 3 unspecified atom stereocenters. The molecule has 1 saturated heterocycles. The van der Waals surface area contributed by atoms with Gasteiger partial charge in [0.2, 0.25) is 0 Å². The normalized spacial score (nSPS) is 20.5. The van der Waals surface area contributed by atoms with E-state index in [1.165, 1.54) is 18.3 Å². The number of aliphatic hydroxyl groups excluding tert-OH is 1. The molecule has 13 heteroatoms. The number of esters is 1. The highest BCUT2D eigenvalue weighted by atomic mass is 19.4. The number of nitriles is 1. The summed E-state index contributed by atoms with van der Waals surface area (Å²) in [6, 6.07) is 8.67. The van der Waals surface area contributed by atoms with Gasteiger partial charge in [0, 0.05) is 11.9 Å². The molecule has 3 heterocycles. The number of halogens is 3. The molecule has 1 aliphatic heterocycles. The Hall–Kier alpha value is -3.89. The van der Waals surface area contributed by atoms with Gasteiger partial charge in [-0.25, -0.2) is 4.79 Å². The fourth-order valence-electron chi connectivity index (χ4n) is 4.47. The average Bonchev–Trinajstić information content (AvgIpc) is 3.27. The van der Waals surface area contributed by atoms with Gasteiger partial charge in [-0.1, -0.05) is 26.0 Å². The minimum Gasteiger partial charge on any atom is -0.463 e. The first-order chi connectivity index (χ1) is 18.4. The molecular weight excluding hydrogens is 519 g/mol. The predicted molar refractivity (Wildman–Crippen MR) is 134 cm³/mol. The van der Waals surface area contributed by atoms with E-state index in [1.807, 2.05) is 13.8 Å². The molecule has 39 heavy (non-hydrogen) atoms. The first kappa shape index (κ1) is 28.1. The molecule has 2 aromatic heterocycles. The Bertz CT molecular complexity index is 1420. The molecule has 0 spiro atoms. The lowest BCUT2D eigenvalue weighted by molar-refractivity contribution is -0.206. The van der Waals surface area contributed by atoms with Crippen LogP contribution in [0.5, 0.6) is 0 Å². The molecular formula is C26H28F3N5O5. The maximum atomic E-state index is 12.8. The van der Waals surface area contributed by atoms with Crippen LogP contribution in [0.3, 0.4) is 0 Å². The lowest BCUT2D eigenvalue weighted by Crippen LogP contribution is -2.47. The van der Waals surface area contributed by atoms with Gasteiger partial charge in [0.1, 0.15) is 5.39 Å². The van der Waals surface area contributed by atoms with E-state index in [1.54, 1.807) is 10.7 Å². The number of nitrogens with one attached hydrogen (secondary N) is 2. The van der Waals surface area contributed by atoms with Crippen LogP contribution in [-0.4, -0.2) is 51.3 Å². The standard InChI is InChI=1S/C26H28F3N5O5/c1-15(2)13-38-24(37)19-7-9-25(10-11-30,14-39-19)34-18-8-12-31-23(36)20(18)22(33-34)32-17-5-3-16(4-6-17)21(35)26(27,28)29/h3-6,8,12,15,19,21,35H,7,9-10,13-14H2,1-2H3,(H,31,36)(H,32,33). The molecule has 0 saturated carbocycles. The van der Waals surface area contributed by atoms with E-state index in [9.17, 15) is 33.1 Å². The highest BCUT2D eigenvalue weighted by Gasteiger charge is 2.43. The second-order valence-electron chi connectivity index (χ2n) is 9.94. The third-order valence-corrected chi connectivity index (χ3v) is 6.51. The van der Waals surface area contributed by atoms with Crippen LogP contribution in [0.2, 0.25) is 0 Å². The second-order valence-corrected chi connectivity index (χ2v) is 9.94. The highest BCUT2D eigenvalue weighted by Crippen LogP contribution is 2.38. The number of alkyl halides is 3. The lowest BCUT2D eigenvalue weighted by Gasteiger charge is -2.38. The number of H-pyrrole nitrogens is 1. The third-order valence-electron chi connectivity index (χ3n) is 6.51. The van der Waals surface area contributed by atoms with E-state index in [2.05, 4.69) is 21.5 Å². The number of aromatic amines is 1. The Kier molecular flexibility index (Phi) is 7.99. The van der Waals surface area contributed by atoms with Gasteiger partial charge >= 0.3 is 12.1 Å². The van der Waals surface area contributed by atoms with E-state index in [0.717, 1.165) is 12.1 Å². The van der Waals surface area contributed by atoms with Crippen molar-refractivity contribution < 1.29 is 32.5 Å². The minimum atomic E-state index is -4.81. The number of carbonyl (C=O) groups is 1. The van der Waals surface area contributed by atoms with E-state index in [4.69, 9.17) is 9.47 Å². The maximum Gasteiger partial charge on any atom is 0.418 e.